The Balaban J connectivity index is 2.85. The SMILES string of the molecule is CCCCCCCOC([NH])=O. The highest BCUT2D eigenvalue weighted by Crippen LogP contribution is 2.01. The molecule has 0 saturated carbocycles. The molecule has 65 valence electrons. The van der Waals surface area contributed by atoms with Crippen molar-refractivity contribution in [1.29, 1.82) is 0 Å². The lowest BCUT2D eigenvalue weighted by Crippen LogP contribution is -2.03. The third kappa shape index (κ3) is 9.27. The summed E-state index contributed by atoms with van der Waals surface area (Å²) in [6.45, 7) is 2.57. The molecule has 1 amide bonds. The average Bonchev–Trinajstić information content (AvgIpc) is 1.96. The van der Waals surface area contributed by atoms with Crippen LogP contribution in [0.1, 0.15) is 39.0 Å². The fourth-order valence-corrected chi connectivity index (χ4v) is 0.870. The van der Waals surface area contributed by atoms with Crippen LogP contribution in [-0.4, -0.2) is 12.7 Å². The van der Waals surface area contributed by atoms with Gasteiger partial charge in [-0.2, -0.15) is 0 Å². The highest BCUT2D eigenvalue weighted by molar-refractivity contribution is 5.63. The van der Waals surface area contributed by atoms with Gasteiger partial charge in [-0.25, -0.2) is 10.5 Å². The van der Waals surface area contributed by atoms with Gasteiger partial charge in [0.05, 0.1) is 6.61 Å². The van der Waals surface area contributed by atoms with Crippen molar-refractivity contribution in [3.8, 4) is 0 Å². The van der Waals surface area contributed by atoms with E-state index in [4.69, 9.17) is 5.73 Å². The number of unbranched alkanes of at least 4 members (excludes halogenated alkanes) is 4. The van der Waals surface area contributed by atoms with Crippen molar-refractivity contribution in [3.05, 3.63) is 0 Å². The van der Waals surface area contributed by atoms with Gasteiger partial charge in [0.1, 0.15) is 0 Å². The van der Waals surface area contributed by atoms with Gasteiger partial charge in [0.15, 0.2) is 0 Å². The van der Waals surface area contributed by atoms with Crippen molar-refractivity contribution >= 4 is 6.09 Å². The Labute approximate surface area is 67.9 Å². The minimum absolute atomic E-state index is 0.409. The van der Waals surface area contributed by atoms with Crippen LogP contribution in [0.4, 0.5) is 4.79 Å². The second-order valence-corrected chi connectivity index (χ2v) is 2.55. The van der Waals surface area contributed by atoms with Crippen LogP contribution < -0.4 is 5.73 Å². The average molecular weight is 158 g/mol. The molecule has 0 unspecified atom stereocenters. The monoisotopic (exact) mass is 158 g/mol. The molecule has 0 saturated heterocycles. The number of carbonyl (C=O) groups is 1. The molecule has 1 N–H and O–H groups in total. The second kappa shape index (κ2) is 7.38. The van der Waals surface area contributed by atoms with Crippen LogP contribution in [0, 0.1) is 0 Å². The first kappa shape index (κ1) is 10.3. The van der Waals surface area contributed by atoms with E-state index in [1.54, 1.807) is 0 Å². The van der Waals surface area contributed by atoms with E-state index in [0.717, 1.165) is 12.8 Å². The summed E-state index contributed by atoms with van der Waals surface area (Å²) in [5, 5.41) is 0. The van der Waals surface area contributed by atoms with Gasteiger partial charge in [-0.05, 0) is 6.42 Å². The van der Waals surface area contributed by atoms with E-state index in [0.29, 0.717) is 6.61 Å². The summed E-state index contributed by atoms with van der Waals surface area (Å²) in [4.78, 5) is 9.98. The van der Waals surface area contributed by atoms with Crippen molar-refractivity contribution in [2.75, 3.05) is 6.61 Å². The molecule has 0 aromatic heterocycles. The van der Waals surface area contributed by atoms with Crippen LogP contribution in [0.15, 0.2) is 0 Å². The van der Waals surface area contributed by atoms with Crippen molar-refractivity contribution in [2.45, 2.75) is 39.0 Å². The summed E-state index contributed by atoms with van der Waals surface area (Å²) in [5.74, 6) is 0. The molecule has 0 rings (SSSR count). The van der Waals surface area contributed by atoms with Crippen LogP contribution in [0.25, 0.3) is 0 Å². The molecular weight excluding hydrogens is 142 g/mol. The molecular formula is C8H16NO2. The molecule has 0 aromatic carbocycles. The minimum Gasteiger partial charge on any atom is -0.448 e. The van der Waals surface area contributed by atoms with Gasteiger partial charge in [0, 0.05) is 0 Å². The fourth-order valence-electron chi connectivity index (χ4n) is 0.870. The van der Waals surface area contributed by atoms with Gasteiger partial charge < -0.3 is 4.74 Å². The molecule has 3 heteroatoms. The number of nitrogens with one attached hydrogen (secondary N) is 1. The quantitative estimate of drug-likeness (QED) is 0.557. The normalized spacial score (nSPS) is 9.55. The van der Waals surface area contributed by atoms with Crippen LogP contribution in [0.5, 0.6) is 0 Å². The molecule has 0 aliphatic heterocycles. The molecule has 1 radical (unpaired) electrons. The third-order valence-corrected chi connectivity index (χ3v) is 1.48. The highest BCUT2D eigenvalue weighted by atomic mass is 16.5. The minimum atomic E-state index is -0.916. The first-order valence-corrected chi connectivity index (χ1v) is 4.15. The number of ether oxygens (including phenoxy) is 1. The highest BCUT2D eigenvalue weighted by Gasteiger charge is 1.93. The molecule has 0 fully saturated rings. The summed E-state index contributed by atoms with van der Waals surface area (Å²) >= 11 is 0. The van der Waals surface area contributed by atoms with Gasteiger partial charge >= 0.3 is 6.09 Å². The van der Waals surface area contributed by atoms with E-state index in [9.17, 15) is 4.79 Å². The van der Waals surface area contributed by atoms with E-state index in [1.165, 1.54) is 19.3 Å². The predicted octanol–water partition coefficient (Wildman–Crippen LogP) is 2.38. The summed E-state index contributed by atoms with van der Waals surface area (Å²) in [6.07, 6.45) is 4.74. The smallest absolute Gasteiger partial charge is 0.426 e. The van der Waals surface area contributed by atoms with E-state index >= 15 is 0 Å². The lowest BCUT2D eigenvalue weighted by Gasteiger charge is -1.99. The van der Waals surface area contributed by atoms with Crippen molar-refractivity contribution in [3.63, 3.8) is 0 Å². The lowest BCUT2D eigenvalue weighted by molar-refractivity contribution is 0.152. The molecule has 0 aliphatic rings. The Hall–Kier alpha value is -0.730. The maximum atomic E-state index is 9.98. The number of hydrogen-bond acceptors (Lipinski definition) is 2. The first-order chi connectivity index (χ1) is 5.27. The summed E-state index contributed by atoms with van der Waals surface area (Å²) < 4.78 is 4.45. The molecule has 0 bridgehead atoms. The van der Waals surface area contributed by atoms with Gasteiger partial charge in [-0.1, -0.05) is 32.6 Å². The zero-order chi connectivity index (χ0) is 8.53. The number of hydrogen-bond donors (Lipinski definition) is 0. The van der Waals surface area contributed by atoms with E-state index < -0.39 is 6.09 Å². The molecule has 0 aliphatic carbocycles. The van der Waals surface area contributed by atoms with Crippen LogP contribution >= 0.6 is 0 Å². The largest absolute Gasteiger partial charge is 0.448 e. The maximum absolute atomic E-state index is 9.98. The van der Waals surface area contributed by atoms with Crippen LogP contribution in [0.2, 0.25) is 0 Å². The maximum Gasteiger partial charge on any atom is 0.426 e. The fraction of sp³-hybridized carbons (Fsp3) is 0.875. The molecule has 0 heterocycles. The summed E-state index contributed by atoms with van der Waals surface area (Å²) in [5.41, 5.74) is 6.43. The van der Waals surface area contributed by atoms with Crippen molar-refractivity contribution in [1.82, 2.24) is 5.73 Å². The Morgan fingerprint density at radius 1 is 1.27 bits per heavy atom. The van der Waals surface area contributed by atoms with E-state index in [-0.39, 0.29) is 0 Å². The standard InChI is InChI=1S/C8H16NO2/c1-2-3-4-5-6-7-11-8(9)10/h9H,2-7H2,1H3. The molecule has 11 heavy (non-hydrogen) atoms. The van der Waals surface area contributed by atoms with Gasteiger partial charge in [-0.15, -0.1) is 0 Å². The van der Waals surface area contributed by atoms with Gasteiger partial charge in [-0.3, -0.25) is 0 Å². The Morgan fingerprint density at radius 2 is 1.91 bits per heavy atom. The van der Waals surface area contributed by atoms with Crippen molar-refractivity contribution in [2.24, 2.45) is 0 Å². The number of amides is 1. The van der Waals surface area contributed by atoms with Gasteiger partial charge in [0.25, 0.3) is 0 Å². The Bertz CT molecular complexity index is 104. The molecule has 0 spiro atoms. The van der Waals surface area contributed by atoms with E-state index in [1.807, 2.05) is 0 Å². The third-order valence-electron chi connectivity index (χ3n) is 1.48. The number of rotatable bonds is 6. The zero-order valence-corrected chi connectivity index (χ0v) is 7.06. The van der Waals surface area contributed by atoms with Crippen LogP contribution in [0.3, 0.4) is 0 Å². The predicted molar refractivity (Wildman–Crippen MR) is 43.2 cm³/mol. The molecule has 0 aromatic rings. The molecule has 3 nitrogen and oxygen atoms in total. The van der Waals surface area contributed by atoms with Crippen LogP contribution in [-0.2, 0) is 4.74 Å². The Morgan fingerprint density at radius 3 is 2.45 bits per heavy atom. The van der Waals surface area contributed by atoms with E-state index in [2.05, 4.69) is 11.7 Å². The Kier molecular flexibility index (Phi) is 6.89. The first-order valence-electron chi connectivity index (χ1n) is 4.15. The summed E-state index contributed by atoms with van der Waals surface area (Å²) in [6, 6.07) is 0. The second-order valence-electron chi connectivity index (χ2n) is 2.55. The van der Waals surface area contributed by atoms with Crippen molar-refractivity contribution < 1.29 is 9.53 Å². The lowest BCUT2D eigenvalue weighted by atomic mass is 10.2. The molecule has 0 atom stereocenters. The van der Waals surface area contributed by atoms with Gasteiger partial charge in [0.2, 0.25) is 0 Å². The topological polar surface area (TPSA) is 50.1 Å². The summed E-state index contributed by atoms with van der Waals surface area (Å²) in [7, 11) is 0. The number of carbonyl (C=O) groups excluding carboxylic acids is 1. The zero-order valence-electron chi connectivity index (χ0n) is 7.06.